The lowest BCUT2D eigenvalue weighted by Gasteiger charge is -2.05. The molecule has 0 fully saturated rings. The molecule has 4 rings (SSSR count). The molecule has 0 unspecified atom stereocenters. The Morgan fingerprint density at radius 2 is 1.88 bits per heavy atom. The maximum absolute atomic E-state index is 13.1. The highest BCUT2D eigenvalue weighted by atomic mass is 19.1. The van der Waals surface area contributed by atoms with Gasteiger partial charge in [-0.2, -0.15) is 0 Å². The minimum absolute atomic E-state index is 0.0855. The number of fused-ring (bicyclic) bond motifs is 1. The third-order valence-corrected chi connectivity index (χ3v) is 4.40. The lowest BCUT2D eigenvalue weighted by molar-refractivity contribution is 0.101. The smallest absolute Gasteiger partial charge is 0.295 e. The zero-order chi connectivity index (χ0) is 17.4. The second kappa shape index (κ2) is 6.12. The summed E-state index contributed by atoms with van der Waals surface area (Å²) >= 11 is 0. The van der Waals surface area contributed by atoms with E-state index in [0.717, 1.165) is 24.9 Å². The molecule has 0 bridgehead atoms. The van der Waals surface area contributed by atoms with Gasteiger partial charge in [-0.25, -0.2) is 14.1 Å². The van der Waals surface area contributed by atoms with E-state index in [1.54, 1.807) is 19.1 Å². The zero-order valence-corrected chi connectivity index (χ0v) is 13.8. The van der Waals surface area contributed by atoms with Crippen molar-refractivity contribution in [3.05, 3.63) is 71.1 Å². The van der Waals surface area contributed by atoms with Crippen LogP contribution in [0.2, 0.25) is 0 Å². The normalized spacial score (nSPS) is 12.9. The van der Waals surface area contributed by atoms with Gasteiger partial charge < -0.3 is 5.32 Å². The minimum Gasteiger partial charge on any atom is -0.319 e. The van der Waals surface area contributed by atoms with E-state index >= 15 is 0 Å². The lowest BCUT2D eigenvalue weighted by Crippen LogP contribution is -2.14. The number of carbonyl (C=O) groups is 1. The van der Waals surface area contributed by atoms with Crippen molar-refractivity contribution in [1.29, 1.82) is 0 Å². The average Bonchev–Trinajstić information content (AvgIpc) is 3.22. The van der Waals surface area contributed by atoms with Gasteiger partial charge in [0.05, 0.1) is 5.69 Å². The van der Waals surface area contributed by atoms with Gasteiger partial charge in [0.2, 0.25) is 5.82 Å². The third-order valence-electron chi connectivity index (χ3n) is 4.40. The number of halogens is 1. The molecule has 1 aliphatic carbocycles. The monoisotopic (exact) mass is 336 g/mol. The summed E-state index contributed by atoms with van der Waals surface area (Å²) in [4.78, 5) is 16.7. The Morgan fingerprint density at radius 1 is 1.12 bits per heavy atom. The molecule has 0 aliphatic heterocycles. The van der Waals surface area contributed by atoms with Crippen molar-refractivity contribution in [2.75, 3.05) is 5.32 Å². The van der Waals surface area contributed by atoms with Gasteiger partial charge in [0.1, 0.15) is 11.6 Å². The molecule has 1 amide bonds. The van der Waals surface area contributed by atoms with Crippen LogP contribution in [0.3, 0.4) is 0 Å². The standard InChI is InChI=1S/C19H17FN4O/c1-12-21-18(23-24(12)17-9-6-15(20)7-10-17)19(25)22-16-8-5-13-3-2-4-14(13)11-16/h5-11H,2-4H2,1H3,(H,22,25). The summed E-state index contributed by atoms with van der Waals surface area (Å²) in [5.74, 6) is -0.0361. The molecule has 25 heavy (non-hydrogen) atoms. The van der Waals surface area contributed by atoms with Gasteiger partial charge in [-0.3, -0.25) is 4.79 Å². The number of nitrogens with zero attached hydrogens (tertiary/aromatic N) is 3. The molecule has 0 radical (unpaired) electrons. The molecule has 0 spiro atoms. The number of hydrogen-bond donors (Lipinski definition) is 1. The quantitative estimate of drug-likeness (QED) is 0.797. The molecule has 2 aromatic carbocycles. The van der Waals surface area contributed by atoms with E-state index in [-0.39, 0.29) is 17.5 Å². The number of benzene rings is 2. The van der Waals surface area contributed by atoms with Crippen molar-refractivity contribution in [2.45, 2.75) is 26.2 Å². The van der Waals surface area contributed by atoms with Crippen LogP contribution in [-0.2, 0) is 12.8 Å². The summed E-state index contributed by atoms with van der Waals surface area (Å²) in [6.07, 6.45) is 3.32. The van der Waals surface area contributed by atoms with Gasteiger partial charge >= 0.3 is 0 Å². The van der Waals surface area contributed by atoms with Crippen molar-refractivity contribution in [3.63, 3.8) is 0 Å². The van der Waals surface area contributed by atoms with Gasteiger partial charge in [-0.05, 0) is 73.7 Å². The fourth-order valence-corrected chi connectivity index (χ4v) is 3.15. The molecule has 3 aromatic rings. The average molecular weight is 336 g/mol. The van der Waals surface area contributed by atoms with E-state index in [1.165, 1.54) is 27.9 Å². The largest absolute Gasteiger partial charge is 0.319 e. The van der Waals surface area contributed by atoms with Crippen molar-refractivity contribution >= 4 is 11.6 Å². The van der Waals surface area contributed by atoms with Gasteiger partial charge in [-0.15, -0.1) is 5.10 Å². The summed E-state index contributed by atoms with van der Waals surface area (Å²) < 4.78 is 14.6. The molecule has 0 atom stereocenters. The second-order valence-corrected chi connectivity index (χ2v) is 6.16. The Labute approximate surface area is 144 Å². The molecule has 1 heterocycles. The van der Waals surface area contributed by atoms with Gasteiger partial charge in [0, 0.05) is 5.69 Å². The molecule has 6 heteroatoms. The van der Waals surface area contributed by atoms with E-state index in [1.807, 2.05) is 12.1 Å². The maximum atomic E-state index is 13.1. The van der Waals surface area contributed by atoms with E-state index in [4.69, 9.17) is 0 Å². The fraction of sp³-hybridized carbons (Fsp3) is 0.211. The number of amides is 1. The SMILES string of the molecule is Cc1nc(C(=O)Nc2ccc3c(c2)CCC3)nn1-c1ccc(F)cc1. The van der Waals surface area contributed by atoms with Crippen LogP contribution in [0.5, 0.6) is 0 Å². The Balaban J connectivity index is 1.56. The van der Waals surface area contributed by atoms with Gasteiger partial charge in [0.25, 0.3) is 5.91 Å². The van der Waals surface area contributed by atoms with Crippen molar-refractivity contribution in [1.82, 2.24) is 14.8 Å². The molecule has 126 valence electrons. The summed E-state index contributed by atoms with van der Waals surface area (Å²) in [7, 11) is 0. The maximum Gasteiger partial charge on any atom is 0.295 e. The first-order valence-corrected chi connectivity index (χ1v) is 8.23. The number of aryl methyl sites for hydroxylation is 3. The van der Waals surface area contributed by atoms with E-state index in [9.17, 15) is 9.18 Å². The van der Waals surface area contributed by atoms with Crippen LogP contribution >= 0.6 is 0 Å². The first-order valence-electron chi connectivity index (χ1n) is 8.23. The highest BCUT2D eigenvalue weighted by Crippen LogP contribution is 2.25. The van der Waals surface area contributed by atoms with Gasteiger partial charge in [-0.1, -0.05) is 6.07 Å². The highest BCUT2D eigenvalue weighted by Gasteiger charge is 2.17. The van der Waals surface area contributed by atoms with Crippen LogP contribution in [-0.4, -0.2) is 20.7 Å². The predicted octanol–water partition coefficient (Wildman–Crippen LogP) is 3.46. The summed E-state index contributed by atoms with van der Waals surface area (Å²) in [5, 5.41) is 7.10. The minimum atomic E-state index is -0.359. The molecular formula is C19H17FN4O. The van der Waals surface area contributed by atoms with Crippen molar-refractivity contribution in [2.24, 2.45) is 0 Å². The number of carbonyl (C=O) groups excluding carboxylic acids is 1. The van der Waals surface area contributed by atoms with E-state index in [0.29, 0.717) is 11.5 Å². The van der Waals surface area contributed by atoms with Crippen LogP contribution < -0.4 is 5.32 Å². The van der Waals surface area contributed by atoms with E-state index < -0.39 is 0 Å². The first-order chi connectivity index (χ1) is 12.1. The Kier molecular flexibility index (Phi) is 3.80. The predicted molar refractivity (Wildman–Crippen MR) is 92.5 cm³/mol. The Hall–Kier alpha value is -3.02. The topological polar surface area (TPSA) is 59.8 Å². The molecule has 1 N–H and O–H groups in total. The molecule has 0 saturated heterocycles. The second-order valence-electron chi connectivity index (χ2n) is 6.16. The van der Waals surface area contributed by atoms with Gasteiger partial charge in [0.15, 0.2) is 0 Å². The Bertz CT molecular complexity index is 947. The number of anilines is 1. The zero-order valence-electron chi connectivity index (χ0n) is 13.8. The van der Waals surface area contributed by atoms with Crippen LogP contribution in [0.1, 0.15) is 34.0 Å². The fourth-order valence-electron chi connectivity index (χ4n) is 3.15. The first kappa shape index (κ1) is 15.5. The van der Waals surface area contributed by atoms with E-state index in [2.05, 4.69) is 21.5 Å². The summed E-state index contributed by atoms with van der Waals surface area (Å²) in [5.41, 5.74) is 4.05. The molecule has 0 saturated carbocycles. The number of hydrogen-bond acceptors (Lipinski definition) is 3. The van der Waals surface area contributed by atoms with Crippen LogP contribution in [0.4, 0.5) is 10.1 Å². The highest BCUT2D eigenvalue weighted by molar-refractivity contribution is 6.01. The number of nitrogens with one attached hydrogen (secondary N) is 1. The summed E-state index contributed by atoms with van der Waals surface area (Å²) in [6.45, 7) is 1.75. The van der Waals surface area contributed by atoms with Crippen LogP contribution in [0, 0.1) is 12.7 Å². The van der Waals surface area contributed by atoms with Crippen molar-refractivity contribution in [3.8, 4) is 5.69 Å². The molecular weight excluding hydrogens is 319 g/mol. The molecule has 5 nitrogen and oxygen atoms in total. The molecule has 1 aliphatic rings. The van der Waals surface area contributed by atoms with Crippen molar-refractivity contribution < 1.29 is 9.18 Å². The number of rotatable bonds is 3. The third kappa shape index (κ3) is 3.03. The number of aromatic nitrogens is 3. The molecule has 1 aromatic heterocycles. The van der Waals surface area contributed by atoms with Crippen LogP contribution in [0.15, 0.2) is 42.5 Å². The van der Waals surface area contributed by atoms with Crippen LogP contribution in [0.25, 0.3) is 5.69 Å². The lowest BCUT2D eigenvalue weighted by atomic mass is 10.1. The Morgan fingerprint density at radius 3 is 2.68 bits per heavy atom. The summed E-state index contributed by atoms with van der Waals surface area (Å²) in [6, 6.07) is 11.9.